The second-order valence-electron chi connectivity index (χ2n) is 16.8. The summed E-state index contributed by atoms with van der Waals surface area (Å²) in [6, 6.07) is -0.648. The number of ether oxygens (including phenoxy) is 1. The lowest BCUT2D eigenvalue weighted by Crippen LogP contribution is -2.45. The third-order valence-corrected chi connectivity index (χ3v) is 11.1. The van der Waals surface area contributed by atoms with Crippen molar-refractivity contribution in [2.45, 2.75) is 264 Å². The monoisotopic (exact) mass is 802 g/mol. The molecular formula is C51H95NO5. The number of hydrogen-bond donors (Lipinski definition) is 3. The minimum Gasteiger partial charge on any atom is -0.466 e. The topological polar surface area (TPSA) is 95.9 Å². The molecule has 0 fully saturated rings. The fourth-order valence-electron chi connectivity index (χ4n) is 7.27. The number of allylic oxidation sites excluding steroid dienone is 5. The lowest BCUT2D eigenvalue weighted by Gasteiger charge is -2.20. The molecule has 0 aromatic rings. The molecule has 2 atom stereocenters. The predicted molar refractivity (Wildman–Crippen MR) is 246 cm³/mol. The van der Waals surface area contributed by atoms with Crippen LogP contribution in [-0.2, 0) is 14.3 Å². The first-order valence-electron chi connectivity index (χ1n) is 24.8. The number of hydrogen-bond acceptors (Lipinski definition) is 5. The van der Waals surface area contributed by atoms with Crippen molar-refractivity contribution in [2.24, 2.45) is 0 Å². The van der Waals surface area contributed by atoms with Gasteiger partial charge in [-0.1, -0.05) is 192 Å². The molecule has 1 amide bonds. The van der Waals surface area contributed by atoms with Gasteiger partial charge in [0.05, 0.1) is 25.4 Å². The molecule has 0 saturated heterocycles. The van der Waals surface area contributed by atoms with Crippen molar-refractivity contribution in [2.75, 3.05) is 13.2 Å². The summed E-state index contributed by atoms with van der Waals surface area (Å²) < 4.78 is 5.43. The van der Waals surface area contributed by atoms with E-state index in [4.69, 9.17) is 4.74 Å². The van der Waals surface area contributed by atoms with E-state index >= 15 is 0 Å². The predicted octanol–water partition coefficient (Wildman–Crippen LogP) is 14.5. The second kappa shape index (κ2) is 46.8. The van der Waals surface area contributed by atoms with Crippen LogP contribution in [-0.4, -0.2) is 47.4 Å². The zero-order chi connectivity index (χ0) is 41.5. The second-order valence-corrected chi connectivity index (χ2v) is 16.8. The quantitative estimate of drug-likeness (QED) is 0.0324. The van der Waals surface area contributed by atoms with Crippen molar-refractivity contribution < 1.29 is 24.5 Å². The van der Waals surface area contributed by atoms with Gasteiger partial charge in [-0.25, -0.2) is 0 Å². The normalized spacial score (nSPS) is 13.0. The van der Waals surface area contributed by atoms with Gasteiger partial charge in [0, 0.05) is 12.8 Å². The molecule has 0 aliphatic carbocycles. The molecule has 0 radical (unpaired) electrons. The third kappa shape index (κ3) is 43.5. The van der Waals surface area contributed by atoms with Crippen LogP contribution in [0.4, 0.5) is 0 Å². The molecule has 6 heteroatoms. The number of rotatable bonds is 45. The molecule has 2 unspecified atom stereocenters. The Hall–Kier alpha value is -1.92. The van der Waals surface area contributed by atoms with Crippen LogP contribution in [0.15, 0.2) is 36.5 Å². The van der Waals surface area contributed by atoms with Crippen molar-refractivity contribution in [3.05, 3.63) is 36.5 Å². The number of carbonyl (C=O) groups is 2. The van der Waals surface area contributed by atoms with Crippen LogP contribution in [0.25, 0.3) is 0 Å². The van der Waals surface area contributed by atoms with Crippen molar-refractivity contribution in [3.63, 3.8) is 0 Å². The summed E-state index contributed by atoms with van der Waals surface area (Å²) >= 11 is 0. The average Bonchev–Trinajstić information content (AvgIpc) is 3.21. The summed E-state index contributed by atoms with van der Waals surface area (Å²) in [4.78, 5) is 24.4. The highest BCUT2D eigenvalue weighted by molar-refractivity contribution is 5.76. The highest BCUT2D eigenvalue weighted by Gasteiger charge is 2.18. The summed E-state index contributed by atoms with van der Waals surface area (Å²) in [5, 5.41) is 22.9. The standard InChI is InChI=1S/C51H95NO5/c1-3-5-7-9-11-13-15-17-18-19-20-21-25-29-33-37-41-45-51(56)57-46-42-38-34-30-26-22-24-28-32-36-40-44-50(55)52-48(47-53)49(54)43-39-35-31-27-23-16-14-12-10-8-6-4-2/h17-18,26,30,39,43,48-49,53-54H,3-16,19-25,27-29,31-38,40-42,44-47H2,1-2H3,(H,52,55)/b18-17-,30-26-,43-39+. The lowest BCUT2D eigenvalue weighted by molar-refractivity contribution is -0.143. The maximum atomic E-state index is 12.4. The van der Waals surface area contributed by atoms with Crippen LogP contribution in [0.5, 0.6) is 0 Å². The Bertz CT molecular complexity index is 931. The van der Waals surface area contributed by atoms with Crippen LogP contribution >= 0.6 is 0 Å². The van der Waals surface area contributed by atoms with E-state index < -0.39 is 12.1 Å². The maximum absolute atomic E-state index is 12.4. The fraction of sp³-hybridized carbons (Fsp3) is 0.843. The third-order valence-electron chi connectivity index (χ3n) is 11.1. The number of aliphatic hydroxyl groups is 2. The van der Waals surface area contributed by atoms with Crippen LogP contribution < -0.4 is 5.32 Å². The van der Waals surface area contributed by atoms with E-state index in [1.54, 1.807) is 6.08 Å². The molecular weight excluding hydrogens is 707 g/mol. The molecule has 0 heterocycles. The van der Waals surface area contributed by atoms with Gasteiger partial charge in [0.15, 0.2) is 0 Å². The van der Waals surface area contributed by atoms with Crippen molar-refractivity contribution >= 4 is 11.9 Å². The molecule has 57 heavy (non-hydrogen) atoms. The average molecular weight is 802 g/mol. The SMILES string of the molecule is CCCCCCCC/C=C\CCCCCCCCCC(=O)OCCCC/C=C\CCCCCCCC(=O)NC(CO)C(O)/C=C/CCCCCCCCCCCC. The molecule has 0 saturated carbocycles. The van der Waals surface area contributed by atoms with E-state index in [9.17, 15) is 19.8 Å². The molecule has 0 spiro atoms. The van der Waals surface area contributed by atoms with Gasteiger partial charge in [-0.3, -0.25) is 9.59 Å². The first-order chi connectivity index (χ1) is 28.0. The van der Waals surface area contributed by atoms with E-state index in [1.807, 2.05) is 6.08 Å². The van der Waals surface area contributed by atoms with E-state index in [-0.39, 0.29) is 18.5 Å². The van der Waals surface area contributed by atoms with Crippen LogP contribution in [0.1, 0.15) is 251 Å². The lowest BCUT2D eigenvalue weighted by atomic mass is 10.1. The molecule has 0 aromatic heterocycles. The van der Waals surface area contributed by atoms with Crippen molar-refractivity contribution in [1.29, 1.82) is 0 Å². The Labute approximate surface area is 353 Å². The van der Waals surface area contributed by atoms with Crippen molar-refractivity contribution in [1.82, 2.24) is 5.32 Å². The van der Waals surface area contributed by atoms with Crippen LogP contribution in [0.3, 0.4) is 0 Å². The Morgan fingerprint density at radius 1 is 0.474 bits per heavy atom. The molecule has 6 nitrogen and oxygen atoms in total. The van der Waals surface area contributed by atoms with Gasteiger partial charge in [-0.2, -0.15) is 0 Å². The molecule has 0 aromatic carbocycles. The van der Waals surface area contributed by atoms with Gasteiger partial charge < -0.3 is 20.3 Å². The molecule has 334 valence electrons. The number of aliphatic hydroxyl groups excluding tert-OH is 2. The van der Waals surface area contributed by atoms with E-state index in [0.717, 1.165) is 83.5 Å². The van der Waals surface area contributed by atoms with Gasteiger partial charge in [0.2, 0.25) is 5.91 Å². The van der Waals surface area contributed by atoms with E-state index in [0.29, 0.717) is 19.4 Å². The Morgan fingerprint density at radius 3 is 1.25 bits per heavy atom. The van der Waals surface area contributed by atoms with Gasteiger partial charge in [-0.15, -0.1) is 0 Å². The van der Waals surface area contributed by atoms with E-state index in [1.165, 1.54) is 141 Å². The van der Waals surface area contributed by atoms with Crippen molar-refractivity contribution in [3.8, 4) is 0 Å². The first-order valence-corrected chi connectivity index (χ1v) is 24.8. The van der Waals surface area contributed by atoms with Gasteiger partial charge in [0.25, 0.3) is 0 Å². The molecule has 0 rings (SSSR count). The van der Waals surface area contributed by atoms with Crippen LogP contribution in [0.2, 0.25) is 0 Å². The van der Waals surface area contributed by atoms with Gasteiger partial charge >= 0.3 is 5.97 Å². The largest absolute Gasteiger partial charge is 0.466 e. The highest BCUT2D eigenvalue weighted by atomic mass is 16.5. The molecule has 0 aliphatic heterocycles. The minimum atomic E-state index is -0.861. The highest BCUT2D eigenvalue weighted by Crippen LogP contribution is 2.14. The number of unbranched alkanes of at least 4 members (excludes halogenated alkanes) is 30. The Balaban J connectivity index is 3.54. The number of esters is 1. The summed E-state index contributed by atoms with van der Waals surface area (Å²) in [6.07, 6.45) is 55.7. The first kappa shape index (κ1) is 55.1. The zero-order valence-electron chi connectivity index (χ0n) is 37.8. The van der Waals surface area contributed by atoms with Crippen LogP contribution in [0, 0.1) is 0 Å². The maximum Gasteiger partial charge on any atom is 0.305 e. The molecule has 3 N–H and O–H groups in total. The minimum absolute atomic E-state index is 0.0373. The summed E-state index contributed by atoms with van der Waals surface area (Å²) in [5.41, 5.74) is 0. The molecule has 0 bridgehead atoms. The number of nitrogens with one attached hydrogen (secondary N) is 1. The van der Waals surface area contributed by atoms with E-state index in [2.05, 4.69) is 43.5 Å². The van der Waals surface area contributed by atoms with Gasteiger partial charge in [-0.05, 0) is 83.5 Å². The smallest absolute Gasteiger partial charge is 0.305 e. The molecule has 0 aliphatic rings. The number of carbonyl (C=O) groups excluding carboxylic acids is 2. The Kier molecular flexibility index (Phi) is 45.2. The number of amides is 1. The zero-order valence-corrected chi connectivity index (χ0v) is 37.8. The Morgan fingerprint density at radius 2 is 0.825 bits per heavy atom. The fourth-order valence-corrected chi connectivity index (χ4v) is 7.27. The van der Waals surface area contributed by atoms with Gasteiger partial charge in [0.1, 0.15) is 0 Å². The summed E-state index contributed by atoms with van der Waals surface area (Å²) in [7, 11) is 0. The summed E-state index contributed by atoms with van der Waals surface area (Å²) in [6.45, 7) is 4.80. The summed E-state index contributed by atoms with van der Waals surface area (Å²) in [5.74, 6) is -0.136.